The molecule has 0 saturated heterocycles. The fraction of sp³-hybridized carbons (Fsp3) is 0.308. The first-order valence-electron chi connectivity index (χ1n) is 11.6. The molecule has 0 saturated carbocycles. The highest BCUT2D eigenvalue weighted by Crippen LogP contribution is 2.25. The fourth-order valence-corrected chi connectivity index (χ4v) is 3.61. The van der Waals surface area contributed by atoms with Crippen LogP contribution in [0.3, 0.4) is 0 Å². The molecule has 0 spiro atoms. The zero-order valence-electron chi connectivity index (χ0n) is 20.6. The number of nitrogens with one attached hydrogen (secondary N) is 1. The first-order chi connectivity index (χ1) is 17.7. The van der Waals surface area contributed by atoms with Crippen molar-refractivity contribution in [3.8, 4) is 23.0 Å². The highest BCUT2D eigenvalue weighted by atomic mass is 19.3. The number of benzene rings is 2. The van der Waals surface area contributed by atoms with Gasteiger partial charge < -0.3 is 19.5 Å². The molecule has 2 aromatic carbocycles. The standard InChI is InChI=1S/C26H27F2N5O4/c1-26(2,3)37-25(34)30-19(13-17-7-5-4-6-8-17)16-35-22-15-29-14-21-31-32-23(33(21)22)18-9-11-20(12-10-18)36-24(27)28/h4-12,14-15,19,24H,13,16H2,1-3H3,(H,30,34)/t19-/m1/s1. The molecule has 0 fully saturated rings. The van der Waals surface area contributed by atoms with Crippen LogP contribution in [0.25, 0.3) is 17.0 Å². The molecule has 11 heteroatoms. The molecule has 2 heterocycles. The van der Waals surface area contributed by atoms with Crippen LogP contribution in [-0.4, -0.2) is 50.5 Å². The molecule has 0 bridgehead atoms. The molecule has 0 unspecified atom stereocenters. The lowest BCUT2D eigenvalue weighted by atomic mass is 10.1. The number of fused-ring (bicyclic) bond motifs is 1. The SMILES string of the molecule is CC(C)(C)OC(=O)N[C@@H](COc1cncc2nnc(-c3ccc(OC(F)F)cc3)n12)Cc1ccccc1. The zero-order valence-corrected chi connectivity index (χ0v) is 20.6. The second-order valence-electron chi connectivity index (χ2n) is 9.21. The average Bonchev–Trinajstić information content (AvgIpc) is 3.27. The topological polar surface area (TPSA) is 99.9 Å². The minimum atomic E-state index is -2.91. The number of aromatic nitrogens is 4. The number of carbonyl (C=O) groups excluding carboxylic acids is 1. The molecule has 4 aromatic rings. The van der Waals surface area contributed by atoms with Crippen molar-refractivity contribution in [2.24, 2.45) is 0 Å². The Bertz CT molecular complexity index is 1320. The van der Waals surface area contributed by atoms with Gasteiger partial charge in [-0.25, -0.2) is 9.20 Å². The molecule has 1 N–H and O–H groups in total. The highest BCUT2D eigenvalue weighted by Gasteiger charge is 2.21. The van der Waals surface area contributed by atoms with E-state index < -0.39 is 24.3 Å². The number of hydrogen-bond donors (Lipinski definition) is 1. The van der Waals surface area contributed by atoms with Gasteiger partial charge in [0.2, 0.25) is 5.88 Å². The predicted octanol–water partition coefficient (Wildman–Crippen LogP) is 4.91. The second-order valence-corrected chi connectivity index (χ2v) is 9.21. The van der Waals surface area contributed by atoms with Gasteiger partial charge in [-0.1, -0.05) is 30.3 Å². The Morgan fingerprint density at radius 2 is 1.76 bits per heavy atom. The molecule has 2 aromatic heterocycles. The summed E-state index contributed by atoms with van der Waals surface area (Å²) in [6.45, 7) is 2.57. The summed E-state index contributed by atoms with van der Waals surface area (Å²) < 4.78 is 42.6. The van der Waals surface area contributed by atoms with Crippen molar-refractivity contribution in [2.75, 3.05) is 6.61 Å². The smallest absolute Gasteiger partial charge is 0.408 e. The van der Waals surface area contributed by atoms with Gasteiger partial charge in [0, 0.05) is 5.56 Å². The van der Waals surface area contributed by atoms with Crippen LogP contribution in [0.1, 0.15) is 26.3 Å². The molecule has 9 nitrogen and oxygen atoms in total. The number of halogens is 2. The van der Waals surface area contributed by atoms with Gasteiger partial charge in [0.05, 0.1) is 18.4 Å². The fourth-order valence-electron chi connectivity index (χ4n) is 3.61. The van der Waals surface area contributed by atoms with E-state index in [2.05, 4.69) is 25.2 Å². The molecule has 0 aliphatic heterocycles. The van der Waals surface area contributed by atoms with E-state index in [4.69, 9.17) is 9.47 Å². The summed E-state index contributed by atoms with van der Waals surface area (Å²) in [7, 11) is 0. The molecule has 4 rings (SSSR count). The quantitative estimate of drug-likeness (QED) is 0.341. The summed E-state index contributed by atoms with van der Waals surface area (Å²) >= 11 is 0. The molecule has 1 amide bonds. The maximum atomic E-state index is 12.5. The van der Waals surface area contributed by atoms with Crippen LogP contribution in [0.4, 0.5) is 13.6 Å². The van der Waals surface area contributed by atoms with Crippen molar-refractivity contribution < 1.29 is 27.8 Å². The lowest BCUT2D eigenvalue weighted by molar-refractivity contribution is -0.0498. The van der Waals surface area contributed by atoms with Gasteiger partial charge >= 0.3 is 12.7 Å². The normalized spacial score (nSPS) is 12.4. The Hall–Kier alpha value is -4.28. The number of alkyl carbamates (subject to hydrolysis) is 1. The van der Waals surface area contributed by atoms with E-state index in [1.807, 2.05) is 30.3 Å². The third kappa shape index (κ3) is 7.12. The van der Waals surface area contributed by atoms with Crippen molar-refractivity contribution >= 4 is 11.7 Å². The average molecular weight is 512 g/mol. The molecule has 1 atom stereocenters. The van der Waals surface area contributed by atoms with Gasteiger partial charge in [0.25, 0.3) is 0 Å². The first kappa shape index (κ1) is 25.8. The summed E-state index contributed by atoms with van der Waals surface area (Å²) in [5.41, 5.74) is 1.41. The maximum Gasteiger partial charge on any atom is 0.408 e. The summed E-state index contributed by atoms with van der Waals surface area (Å²) in [4.78, 5) is 16.7. The zero-order chi connectivity index (χ0) is 26.4. The summed E-state index contributed by atoms with van der Waals surface area (Å²) in [5, 5.41) is 11.2. The third-order valence-corrected chi connectivity index (χ3v) is 5.10. The number of ether oxygens (including phenoxy) is 3. The predicted molar refractivity (Wildman–Crippen MR) is 132 cm³/mol. The van der Waals surface area contributed by atoms with Crippen molar-refractivity contribution in [3.05, 3.63) is 72.6 Å². The van der Waals surface area contributed by atoms with E-state index in [0.717, 1.165) is 5.56 Å². The minimum absolute atomic E-state index is 0.0303. The lowest BCUT2D eigenvalue weighted by Gasteiger charge is -2.24. The highest BCUT2D eigenvalue weighted by molar-refractivity contribution is 5.68. The number of rotatable bonds is 9. The molecular formula is C26H27F2N5O4. The Morgan fingerprint density at radius 3 is 2.43 bits per heavy atom. The van der Waals surface area contributed by atoms with Gasteiger partial charge in [-0.15, -0.1) is 10.2 Å². The molecule has 0 aliphatic rings. The van der Waals surface area contributed by atoms with Gasteiger partial charge in [-0.2, -0.15) is 8.78 Å². The summed E-state index contributed by atoms with van der Waals surface area (Å²) in [6, 6.07) is 15.3. The molecular weight excluding hydrogens is 484 g/mol. The van der Waals surface area contributed by atoms with Crippen LogP contribution < -0.4 is 14.8 Å². The van der Waals surface area contributed by atoms with Gasteiger partial charge in [0.15, 0.2) is 11.5 Å². The number of carbonyl (C=O) groups is 1. The van der Waals surface area contributed by atoms with Gasteiger partial charge in [-0.05, 0) is 57.0 Å². The van der Waals surface area contributed by atoms with Crippen molar-refractivity contribution in [1.29, 1.82) is 0 Å². The van der Waals surface area contributed by atoms with Crippen LogP contribution in [0, 0.1) is 0 Å². The van der Waals surface area contributed by atoms with Gasteiger partial charge in [0.1, 0.15) is 18.0 Å². The Balaban J connectivity index is 1.56. The molecule has 194 valence electrons. The van der Waals surface area contributed by atoms with Crippen LogP contribution >= 0.6 is 0 Å². The van der Waals surface area contributed by atoms with E-state index in [0.29, 0.717) is 29.3 Å². The molecule has 0 aliphatic carbocycles. The summed E-state index contributed by atoms with van der Waals surface area (Å²) in [6.07, 6.45) is 2.99. The lowest BCUT2D eigenvalue weighted by Crippen LogP contribution is -2.43. The van der Waals surface area contributed by atoms with E-state index in [9.17, 15) is 13.6 Å². The Morgan fingerprint density at radius 1 is 1.03 bits per heavy atom. The number of amides is 1. The third-order valence-electron chi connectivity index (χ3n) is 5.10. The summed E-state index contributed by atoms with van der Waals surface area (Å²) in [5.74, 6) is 0.799. The van der Waals surface area contributed by atoms with E-state index in [-0.39, 0.29) is 12.4 Å². The largest absolute Gasteiger partial charge is 0.475 e. The number of alkyl halides is 2. The van der Waals surface area contributed by atoms with Gasteiger partial charge in [-0.3, -0.25) is 4.98 Å². The molecule has 37 heavy (non-hydrogen) atoms. The van der Waals surface area contributed by atoms with E-state index in [1.54, 1.807) is 37.3 Å². The van der Waals surface area contributed by atoms with Crippen LogP contribution in [0.2, 0.25) is 0 Å². The van der Waals surface area contributed by atoms with E-state index >= 15 is 0 Å². The number of hydrogen-bond acceptors (Lipinski definition) is 7. The van der Waals surface area contributed by atoms with Crippen molar-refractivity contribution in [3.63, 3.8) is 0 Å². The monoisotopic (exact) mass is 511 g/mol. The first-order valence-corrected chi connectivity index (χ1v) is 11.6. The van der Waals surface area contributed by atoms with E-state index in [1.165, 1.54) is 24.5 Å². The minimum Gasteiger partial charge on any atom is -0.475 e. The second kappa shape index (κ2) is 11.2. The Kier molecular flexibility index (Phi) is 7.80. The number of nitrogens with zero attached hydrogens (tertiary/aromatic N) is 4. The van der Waals surface area contributed by atoms with Crippen molar-refractivity contribution in [2.45, 2.75) is 45.4 Å². The Labute approximate surface area is 212 Å². The van der Waals surface area contributed by atoms with Crippen LogP contribution in [0.15, 0.2) is 67.0 Å². The maximum absolute atomic E-state index is 12.5. The van der Waals surface area contributed by atoms with Crippen LogP contribution in [-0.2, 0) is 11.2 Å². The molecule has 0 radical (unpaired) electrons. The van der Waals surface area contributed by atoms with Crippen molar-refractivity contribution in [1.82, 2.24) is 24.9 Å². The van der Waals surface area contributed by atoms with Crippen LogP contribution in [0.5, 0.6) is 11.6 Å².